The van der Waals surface area contributed by atoms with Gasteiger partial charge in [0.15, 0.2) is 5.69 Å². The van der Waals surface area contributed by atoms with E-state index in [9.17, 15) is 18.4 Å². The number of nitriles is 2. The number of nitrogens with one attached hydrogen (secondary N) is 1. The molecule has 0 aliphatic carbocycles. The van der Waals surface area contributed by atoms with Gasteiger partial charge in [0.2, 0.25) is 0 Å². The lowest BCUT2D eigenvalue weighted by atomic mass is 10.0. The number of carbonyl (C=O) groups is 2. The van der Waals surface area contributed by atoms with Crippen LogP contribution in [0.5, 0.6) is 0 Å². The summed E-state index contributed by atoms with van der Waals surface area (Å²) in [4.78, 5) is 46.0. The molecule has 0 fully saturated rings. The van der Waals surface area contributed by atoms with Gasteiger partial charge >= 0.3 is 5.97 Å². The molecule has 2 aromatic carbocycles. The lowest BCUT2D eigenvalue weighted by Crippen LogP contribution is -2.15. The minimum atomic E-state index is -1.02. The molecule has 1 amide bonds. The second-order valence-electron chi connectivity index (χ2n) is 11.2. The third-order valence-corrected chi connectivity index (χ3v) is 6.91. The molecule has 4 heterocycles. The van der Waals surface area contributed by atoms with Crippen LogP contribution < -0.4 is 11.1 Å². The Kier molecular flexibility index (Phi) is 13.3. The summed E-state index contributed by atoms with van der Waals surface area (Å²) in [6, 6.07) is 22.2. The average molecular weight is 713 g/mol. The highest BCUT2D eigenvalue weighted by molar-refractivity contribution is 6.02. The Morgan fingerprint density at radius 1 is 0.698 bits per heavy atom. The topological polar surface area (TPSA) is 217 Å². The minimum Gasteiger partial charge on any atom is -0.477 e. The molecule has 0 saturated carbocycles. The van der Waals surface area contributed by atoms with Crippen molar-refractivity contribution < 1.29 is 23.5 Å². The number of pyridine rings is 2. The Morgan fingerprint density at radius 3 is 1.64 bits per heavy atom. The Labute approximate surface area is 302 Å². The van der Waals surface area contributed by atoms with Gasteiger partial charge in [-0.3, -0.25) is 4.79 Å². The molecule has 264 valence electrons. The van der Waals surface area contributed by atoms with E-state index in [2.05, 4.69) is 35.2 Å². The number of aryl methyl sites for hydroxylation is 2. The maximum atomic E-state index is 13.5. The van der Waals surface area contributed by atoms with Crippen molar-refractivity contribution in [3.05, 3.63) is 166 Å². The standard InChI is InChI=1S/C19H14FN5O.C13H10FN3.C6H6N2O2/c1-12-22-5-4-17(24-12)19(26)25-18-3-2-13(11-23-18)6-14-7-15(10-21)9-16(20)8-14;14-12-5-10(4-11(6-12)7-15)3-9-1-2-13(16)17-8-9;1-4-7-3-2-5(8-4)6(9)10/h2-5,7-9,11H,6H2,1H3,(H,23,25,26);1-2,4-6,8H,3H2,(H2,16,17);2-3H,1H3,(H,9,10). The molecule has 4 aromatic heterocycles. The van der Waals surface area contributed by atoms with Crippen LogP contribution in [0.25, 0.3) is 0 Å². The van der Waals surface area contributed by atoms with Crippen molar-refractivity contribution in [3.8, 4) is 12.1 Å². The van der Waals surface area contributed by atoms with Crippen LogP contribution in [0.2, 0.25) is 0 Å². The summed E-state index contributed by atoms with van der Waals surface area (Å²) in [6.07, 6.45) is 7.14. The molecule has 0 radical (unpaired) electrons. The van der Waals surface area contributed by atoms with Crippen LogP contribution >= 0.6 is 0 Å². The van der Waals surface area contributed by atoms with Crippen molar-refractivity contribution in [1.29, 1.82) is 10.5 Å². The van der Waals surface area contributed by atoms with Gasteiger partial charge in [0, 0.05) is 24.8 Å². The molecule has 13 nitrogen and oxygen atoms in total. The summed E-state index contributed by atoms with van der Waals surface area (Å²) >= 11 is 0. The van der Waals surface area contributed by atoms with Crippen LogP contribution in [0.4, 0.5) is 20.4 Å². The van der Waals surface area contributed by atoms with E-state index in [1.54, 1.807) is 56.6 Å². The fraction of sp³-hybridized carbons (Fsp3) is 0.105. The first-order chi connectivity index (χ1) is 25.4. The number of halogens is 2. The molecule has 0 aliphatic rings. The predicted molar refractivity (Wildman–Crippen MR) is 189 cm³/mol. The lowest BCUT2D eigenvalue weighted by molar-refractivity contribution is 0.0689. The number of aromatic carboxylic acids is 1. The second kappa shape index (κ2) is 18.5. The third kappa shape index (κ3) is 12.4. The Balaban J connectivity index is 0.000000198. The lowest BCUT2D eigenvalue weighted by Gasteiger charge is -2.06. The zero-order chi connectivity index (χ0) is 38.3. The Bertz CT molecular complexity index is 2310. The monoisotopic (exact) mass is 712 g/mol. The fourth-order valence-electron chi connectivity index (χ4n) is 4.59. The second-order valence-corrected chi connectivity index (χ2v) is 11.2. The summed E-state index contributed by atoms with van der Waals surface area (Å²) in [5.74, 6) is -0.436. The fourth-order valence-corrected chi connectivity index (χ4v) is 4.59. The number of carboxylic acid groups (broad SMARTS) is 1. The maximum absolute atomic E-state index is 13.5. The molecule has 53 heavy (non-hydrogen) atoms. The number of anilines is 2. The summed E-state index contributed by atoms with van der Waals surface area (Å²) in [6.45, 7) is 3.35. The van der Waals surface area contributed by atoms with Crippen molar-refractivity contribution in [2.45, 2.75) is 26.7 Å². The van der Waals surface area contributed by atoms with E-state index < -0.39 is 17.6 Å². The molecule has 0 aliphatic heterocycles. The zero-order valence-electron chi connectivity index (χ0n) is 28.3. The summed E-state index contributed by atoms with van der Waals surface area (Å²) in [7, 11) is 0. The van der Waals surface area contributed by atoms with Crippen LogP contribution in [0, 0.1) is 48.1 Å². The number of nitrogen functional groups attached to an aromatic ring is 1. The van der Waals surface area contributed by atoms with E-state index >= 15 is 0 Å². The first-order valence-electron chi connectivity index (χ1n) is 15.6. The SMILES string of the molecule is Cc1nccc(C(=O)Nc2ccc(Cc3cc(F)cc(C#N)c3)cn2)n1.Cc1nccc(C(=O)O)n1.N#Cc1cc(F)cc(Cc2ccc(N)nc2)c1. The van der Waals surface area contributed by atoms with E-state index in [-0.39, 0.29) is 22.9 Å². The Morgan fingerprint density at radius 2 is 1.21 bits per heavy atom. The highest BCUT2D eigenvalue weighted by atomic mass is 19.1. The van der Waals surface area contributed by atoms with Gasteiger partial charge in [-0.1, -0.05) is 12.1 Å². The smallest absolute Gasteiger partial charge is 0.354 e. The molecule has 15 heteroatoms. The highest BCUT2D eigenvalue weighted by Gasteiger charge is 2.10. The van der Waals surface area contributed by atoms with E-state index in [0.29, 0.717) is 47.3 Å². The van der Waals surface area contributed by atoms with Gasteiger partial charge in [0.25, 0.3) is 5.91 Å². The van der Waals surface area contributed by atoms with E-state index in [0.717, 1.165) is 16.7 Å². The molecule has 0 atom stereocenters. The van der Waals surface area contributed by atoms with Crippen LogP contribution in [0.3, 0.4) is 0 Å². The largest absolute Gasteiger partial charge is 0.477 e. The highest BCUT2D eigenvalue weighted by Crippen LogP contribution is 2.16. The number of aromatic nitrogens is 6. The van der Waals surface area contributed by atoms with Crippen molar-refractivity contribution in [2.75, 3.05) is 11.1 Å². The zero-order valence-corrected chi connectivity index (χ0v) is 28.3. The van der Waals surface area contributed by atoms with Gasteiger partial charge in [0.1, 0.15) is 40.6 Å². The molecule has 6 aromatic rings. The molecule has 0 spiro atoms. The van der Waals surface area contributed by atoms with Crippen LogP contribution in [-0.4, -0.2) is 46.9 Å². The first-order valence-corrected chi connectivity index (χ1v) is 15.6. The number of hydrogen-bond acceptors (Lipinski definition) is 11. The molecule has 6 rings (SSSR count). The number of nitrogens with two attached hydrogens (primary N) is 1. The van der Waals surface area contributed by atoms with Gasteiger partial charge in [0.05, 0.1) is 23.3 Å². The van der Waals surface area contributed by atoms with E-state index in [1.165, 1.54) is 48.8 Å². The van der Waals surface area contributed by atoms with Gasteiger partial charge in [-0.05, 0) is 110 Å². The van der Waals surface area contributed by atoms with Gasteiger partial charge in [-0.15, -0.1) is 0 Å². The molecular weight excluding hydrogens is 682 g/mol. The molecule has 0 unspecified atom stereocenters. The van der Waals surface area contributed by atoms with Crippen LogP contribution in [0.1, 0.15) is 66.0 Å². The quantitative estimate of drug-likeness (QED) is 0.179. The average Bonchev–Trinajstić information content (AvgIpc) is 3.13. The molecular formula is C38H30F2N10O3. The Hall–Kier alpha value is -7.52. The number of benzene rings is 2. The molecule has 4 N–H and O–H groups in total. The number of nitrogens with zero attached hydrogens (tertiary/aromatic N) is 8. The van der Waals surface area contributed by atoms with Gasteiger partial charge in [-0.2, -0.15) is 10.5 Å². The van der Waals surface area contributed by atoms with Crippen molar-refractivity contribution in [1.82, 2.24) is 29.9 Å². The number of hydrogen-bond donors (Lipinski definition) is 3. The normalized spacial score (nSPS) is 9.92. The number of carboxylic acids is 1. The number of amides is 1. The van der Waals surface area contributed by atoms with Crippen molar-refractivity contribution in [3.63, 3.8) is 0 Å². The van der Waals surface area contributed by atoms with Crippen LogP contribution in [-0.2, 0) is 12.8 Å². The van der Waals surface area contributed by atoms with E-state index in [1.807, 2.05) is 18.2 Å². The van der Waals surface area contributed by atoms with Gasteiger partial charge < -0.3 is 16.2 Å². The number of rotatable bonds is 7. The summed E-state index contributed by atoms with van der Waals surface area (Å²) < 4.78 is 26.7. The maximum Gasteiger partial charge on any atom is 0.354 e. The summed E-state index contributed by atoms with van der Waals surface area (Å²) in [5, 5.41) is 28.7. The first kappa shape index (κ1) is 38.3. The van der Waals surface area contributed by atoms with Crippen molar-refractivity contribution in [2.24, 2.45) is 0 Å². The molecule has 0 saturated heterocycles. The molecule has 0 bridgehead atoms. The number of carbonyl (C=O) groups excluding carboxylic acids is 1. The van der Waals surface area contributed by atoms with Crippen LogP contribution in [0.15, 0.2) is 97.6 Å². The predicted octanol–water partition coefficient (Wildman–Crippen LogP) is 5.78. The van der Waals surface area contributed by atoms with Crippen molar-refractivity contribution >= 4 is 23.5 Å². The van der Waals surface area contributed by atoms with Gasteiger partial charge in [-0.25, -0.2) is 43.5 Å². The third-order valence-electron chi connectivity index (χ3n) is 6.91. The summed E-state index contributed by atoms with van der Waals surface area (Å²) in [5.41, 5.74) is 9.54. The minimum absolute atomic E-state index is 0.0347. The van der Waals surface area contributed by atoms with E-state index in [4.69, 9.17) is 21.4 Å².